The Labute approximate surface area is 155 Å². The number of guanidine groups is 1. The number of rotatable bonds is 9. The molecule has 0 spiro atoms. The van der Waals surface area contributed by atoms with Crippen molar-refractivity contribution >= 4 is 41.7 Å². The van der Waals surface area contributed by atoms with Gasteiger partial charge in [-0.2, -0.15) is 11.8 Å². The third kappa shape index (κ3) is 10.2. The summed E-state index contributed by atoms with van der Waals surface area (Å²) in [5, 5.41) is 6.56. The smallest absolute Gasteiger partial charge is 0.191 e. The molecule has 0 aliphatic heterocycles. The summed E-state index contributed by atoms with van der Waals surface area (Å²) in [6, 6.07) is 8.09. The average Bonchev–Trinajstić information content (AvgIpc) is 2.49. The summed E-state index contributed by atoms with van der Waals surface area (Å²) < 4.78 is 5.69. The minimum Gasteiger partial charge on any atom is -0.492 e. The number of thioether (sulfide) groups is 1. The van der Waals surface area contributed by atoms with E-state index >= 15 is 0 Å². The van der Waals surface area contributed by atoms with Crippen LogP contribution < -0.4 is 15.4 Å². The van der Waals surface area contributed by atoms with E-state index in [2.05, 4.69) is 34.9 Å². The highest BCUT2D eigenvalue weighted by atomic mass is 127. The number of unbranched alkanes of at least 4 members (excludes halogenated alkanes) is 1. The van der Waals surface area contributed by atoms with Crippen LogP contribution in [0.15, 0.2) is 29.3 Å². The van der Waals surface area contributed by atoms with Crippen LogP contribution in [0.3, 0.4) is 0 Å². The summed E-state index contributed by atoms with van der Waals surface area (Å²) in [7, 11) is 1.79. The molecule has 22 heavy (non-hydrogen) atoms. The minimum absolute atomic E-state index is 0. The second-order valence-corrected chi connectivity index (χ2v) is 5.78. The summed E-state index contributed by atoms with van der Waals surface area (Å²) >= 11 is 1.89. The van der Waals surface area contributed by atoms with Crippen LogP contribution in [0.5, 0.6) is 5.75 Å². The molecule has 1 rings (SSSR count). The Morgan fingerprint density at radius 2 is 2.00 bits per heavy atom. The van der Waals surface area contributed by atoms with Crippen molar-refractivity contribution in [2.24, 2.45) is 4.99 Å². The van der Waals surface area contributed by atoms with Gasteiger partial charge < -0.3 is 15.4 Å². The van der Waals surface area contributed by atoms with Gasteiger partial charge in [0.25, 0.3) is 0 Å². The molecule has 1 aromatic rings. The molecule has 0 aromatic heterocycles. The maximum Gasteiger partial charge on any atom is 0.191 e. The fraction of sp³-hybridized carbons (Fsp3) is 0.562. The van der Waals surface area contributed by atoms with Crippen molar-refractivity contribution in [3.63, 3.8) is 0 Å². The van der Waals surface area contributed by atoms with Gasteiger partial charge in [0.2, 0.25) is 0 Å². The van der Waals surface area contributed by atoms with E-state index in [4.69, 9.17) is 4.74 Å². The Hall–Kier alpha value is -0.630. The van der Waals surface area contributed by atoms with Crippen molar-refractivity contribution < 1.29 is 4.74 Å². The Morgan fingerprint density at radius 3 is 2.68 bits per heavy atom. The van der Waals surface area contributed by atoms with Crippen molar-refractivity contribution in [2.45, 2.75) is 19.8 Å². The monoisotopic (exact) mass is 437 g/mol. The summed E-state index contributed by atoms with van der Waals surface area (Å²) in [5.74, 6) is 2.97. The van der Waals surface area contributed by atoms with E-state index < -0.39 is 0 Å². The van der Waals surface area contributed by atoms with Gasteiger partial charge in [-0.3, -0.25) is 4.99 Å². The summed E-state index contributed by atoms with van der Waals surface area (Å²) in [6.07, 6.45) is 4.55. The van der Waals surface area contributed by atoms with Gasteiger partial charge in [0.15, 0.2) is 5.96 Å². The molecule has 0 saturated carbocycles. The normalized spacial score (nSPS) is 10.8. The molecule has 0 heterocycles. The van der Waals surface area contributed by atoms with Crippen molar-refractivity contribution in [2.75, 3.05) is 38.8 Å². The molecule has 1 aromatic carbocycles. The van der Waals surface area contributed by atoms with Gasteiger partial charge in [0, 0.05) is 13.6 Å². The zero-order valence-corrected chi connectivity index (χ0v) is 16.9. The van der Waals surface area contributed by atoms with Crippen LogP contribution in [-0.2, 0) is 0 Å². The lowest BCUT2D eigenvalue weighted by Gasteiger charge is -2.12. The van der Waals surface area contributed by atoms with Crippen LogP contribution in [0, 0.1) is 6.92 Å². The number of hydrogen-bond donors (Lipinski definition) is 2. The lowest BCUT2D eigenvalue weighted by molar-refractivity contribution is 0.321. The molecule has 0 saturated heterocycles. The highest BCUT2D eigenvalue weighted by Gasteiger charge is 1.98. The molecule has 0 unspecified atom stereocenters. The maximum absolute atomic E-state index is 5.69. The van der Waals surface area contributed by atoms with E-state index in [9.17, 15) is 0 Å². The molecule has 0 bridgehead atoms. The Kier molecular flexibility index (Phi) is 13.6. The van der Waals surface area contributed by atoms with Crippen LogP contribution >= 0.6 is 35.7 Å². The van der Waals surface area contributed by atoms with Crippen LogP contribution in [0.4, 0.5) is 0 Å². The summed E-state index contributed by atoms with van der Waals surface area (Å²) in [6.45, 7) is 4.38. The van der Waals surface area contributed by atoms with Crippen LogP contribution in [-0.4, -0.2) is 44.7 Å². The lowest BCUT2D eigenvalue weighted by Crippen LogP contribution is -2.39. The lowest BCUT2D eigenvalue weighted by atomic mass is 10.2. The number of hydrogen-bond acceptors (Lipinski definition) is 3. The molecule has 2 N–H and O–H groups in total. The summed E-state index contributed by atoms with van der Waals surface area (Å²) in [5.41, 5.74) is 1.21. The number of nitrogens with zero attached hydrogens (tertiary/aromatic N) is 1. The second-order valence-electron chi connectivity index (χ2n) is 4.79. The third-order valence-corrected chi connectivity index (χ3v) is 3.64. The number of nitrogens with one attached hydrogen (secondary N) is 2. The number of benzene rings is 1. The molecule has 0 aliphatic rings. The largest absolute Gasteiger partial charge is 0.492 e. The predicted molar refractivity (Wildman–Crippen MR) is 109 cm³/mol. The van der Waals surface area contributed by atoms with Gasteiger partial charge in [-0.15, -0.1) is 24.0 Å². The standard InChI is InChI=1S/C16H27N3OS.HI/c1-14-7-6-8-15(13-14)20-11-10-19-16(17-2)18-9-4-5-12-21-3;/h6-8,13H,4-5,9-12H2,1-3H3,(H2,17,18,19);1H. The number of halogens is 1. The molecular formula is C16H28IN3OS. The zero-order chi connectivity index (χ0) is 15.3. The van der Waals surface area contributed by atoms with Gasteiger partial charge in [-0.1, -0.05) is 12.1 Å². The van der Waals surface area contributed by atoms with E-state index in [0.29, 0.717) is 6.61 Å². The minimum atomic E-state index is 0. The maximum atomic E-state index is 5.69. The van der Waals surface area contributed by atoms with Gasteiger partial charge in [-0.25, -0.2) is 0 Å². The fourth-order valence-electron chi connectivity index (χ4n) is 1.84. The topological polar surface area (TPSA) is 45.7 Å². The molecule has 0 atom stereocenters. The third-order valence-electron chi connectivity index (χ3n) is 2.94. The molecular weight excluding hydrogens is 409 g/mol. The summed E-state index contributed by atoms with van der Waals surface area (Å²) in [4.78, 5) is 4.20. The van der Waals surface area contributed by atoms with E-state index in [0.717, 1.165) is 24.8 Å². The van der Waals surface area contributed by atoms with Gasteiger partial charge in [0.05, 0.1) is 6.54 Å². The van der Waals surface area contributed by atoms with E-state index in [1.54, 1.807) is 7.05 Å². The quantitative estimate of drug-likeness (QED) is 0.269. The molecule has 0 amide bonds. The first-order chi connectivity index (χ1) is 10.3. The van der Waals surface area contributed by atoms with Crippen molar-refractivity contribution in [1.82, 2.24) is 10.6 Å². The first-order valence-corrected chi connectivity index (χ1v) is 8.78. The average molecular weight is 437 g/mol. The number of aliphatic imine (C=N–C) groups is 1. The first kappa shape index (κ1) is 21.4. The van der Waals surface area contributed by atoms with Crippen molar-refractivity contribution in [1.29, 1.82) is 0 Å². The van der Waals surface area contributed by atoms with Crippen LogP contribution in [0.2, 0.25) is 0 Å². The number of ether oxygens (including phenoxy) is 1. The first-order valence-electron chi connectivity index (χ1n) is 7.39. The Balaban J connectivity index is 0.00000441. The van der Waals surface area contributed by atoms with E-state index in [1.165, 1.54) is 24.2 Å². The van der Waals surface area contributed by atoms with Crippen molar-refractivity contribution in [3.05, 3.63) is 29.8 Å². The molecule has 0 radical (unpaired) electrons. The highest BCUT2D eigenvalue weighted by Crippen LogP contribution is 2.11. The Bertz CT molecular complexity index is 430. The van der Waals surface area contributed by atoms with Crippen molar-refractivity contribution in [3.8, 4) is 5.75 Å². The number of aryl methyl sites for hydroxylation is 1. The highest BCUT2D eigenvalue weighted by molar-refractivity contribution is 14.0. The molecule has 4 nitrogen and oxygen atoms in total. The zero-order valence-electron chi connectivity index (χ0n) is 13.7. The van der Waals surface area contributed by atoms with E-state index in [1.807, 2.05) is 30.0 Å². The van der Waals surface area contributed by atoms with Crippen LogP contribution in [0.1, 0.15) is 18.4 Å². The molecule has 6 heteroatoms. The SMILES string of the molecule is CN=C(NCCCCSC)NCCOc1cccc(C)c1.I. The fourth-order valence-corrected chi connectivity index (χ4v) is 2.34. The second kappa shape index (κ2) is 14.0. The predicted octanol–water partition coefficient (Wildman–Crippen LogP) is 3.30. The molecule has 0 fully saturated rings. The van der Waals surface area contributed by atoms with Gasteiger partial charge in [-0.05, 0) is 49.5 Å². The van der Waals surface area contributed by atoms with E-state index in [-0.39, 0.29) is 24.0 Å². The van der Waals surface area contributed by atoms with Gasteiger partial charge >= 0.3 is 0 Å². The Morgan fingerprint density at radius 1 is 1.23 bits per heavy atom. The van der Waals surface area contributed by atoms with Crippen LogP contribution in [0.25, 0.3) is 0 Å². The molecule has 126 valence electrons. The van der Waals surface area contributed by atoms with Gasteiger partial charge in [0.1, 0.15) is 12.4 Å². The molecule has 0 aliphatic carbocycles.